The summed E-state index contributed by atoms with van der Waals surface area (Å²) in [6.07, 6.45) is 0. The minimum Gasteiger partial charge on any atom is -0.436 e. The van der Waals surface area contributed by atoms with Gasteiger partial charge in [-0.1, -0.05) is 31.5 Å². The minimum absolute atomic E-state index is 0.474. The molecule has 0 amide bonds. The van der Waals surface area contributed by atoms with E-state index in [1.807, 2.05) is 24.3 Å². The molecule has 0 spiro atoms. The number of aromatic nitrogens is 1. The summed E-state index contributed by atoms with van der Waals surface area (Å²) in [5.74, 6) is 1.08. The van der Waals surface area contributed by atoms with E-state index < -0.39 is 0 Å². The smallest absolute Gasteiger partial charge is 0.228 e. The standard InChI is InChI=1S/C16H13BrClNO/c1-9(2)10-3-6-15-14(7-10)19-16(20-15)12-5-4-11(18)8-13(12)17/h3-9H,1-2H3. The van der Waals surface area contributed by atoms with Crippen molar-refractivity contribution in [3.05, 3.63) is 51.5 Å². The second-order valence-electron chi connectivity index (χ2n) is 5.03. The summed E-state index contributed by atoms with van der Waals surface area (Å²) >= 11 is 9.45. The monoisotopic (exact) mass is 349 g/mol. The maximum atomic E-state index is 5.96. The van der Waals surface area contributed by atoms with Crippen LogP contribution in [0.5, 0.6) is 0 Å². The van der Waals surface area contributed by atoms with Gasteiger partial charge in [-0.25, -0.2) is 4.98 Å². The second-order valence-corrected chi connectivity index (χ2v) is 6.32. The molecule has 0 N–H and O–H groups in total. The van der Waals surface area contributed by atoms with Gasteiger partial charge in [-0.2, -0.15) is 0 Å². The van der Waals surface area contributed by atoms with E-state index >= 15 is 0 Å². The Bertz CT molecular complexity index is 779. The van der Waals surface area contributed by atoms with E-state index in [1.165, 1.54) is 5.56 Å². The zero-order valence-electron chi connectivity index (χ0n) is 11.2. The number of hydrogen-bond donors (Lipinski definition) is 0. The van der Waals surface area contributed by atoms with Gasteiger partial charge in [-0.05, 0) is 57.7 Å². The van der Waals surface area contributed by atoms with Crippen LogP contribution in [0.2, 0.25) is 5.02 Å². The highest BCUT2D eigenvalue weighted by Crippen LogP contribution is 2.32. The van der Waals surface area contributed by atoms with E-state index in [0.29, 0.717) is 16.8 Å². The minimum atomic E-state index is 0.474. The molecule has 0 atom stereocenters. The van der Waals surface area contributed by atoms with E-state index in [0.717, 1.165) is 21.1 Å². The molecule has 20 heavy (non-hydrogen) atoms. The average Bonchev–Trinajstić information content (AvgIpc) is 2.80. The lowest BCUT2D eigenvalue weighted by Crippen LogP contribution is -1.85. The van der Waals surface area contributed by atoms with Gasteiger partial charge in [0, 0.05) is 9.50 Å². The quantitative estimate of drug-likeness (QED) is 0.563. The summed E-state index contributed by atoms with van der Waals surface area (Å²) in [7, 11) is 0. The summed E-state index contributed by atoms with van der Waals surface area (Å²) in [6.45, 7) is 4.33. The van der Waals surface area contributed by atoms with Crippen LogP contribution >= 0.6 is 27.5 Å². The Labute approximate surface area is 130 Å². The molecule has 2 aromatic carbocycles. The van der Waals surface area contributed by atoms with E-state index in [-0.39, 0.29) is 0 Å². The third kappa shape index (κ3) is 2.48. The van der Waals surface area contributed by atoms with Crippen LogP contribution in [0.4, 0.5) is 0 Å². The SMILES string of the molecule is CC(C)c1ccc2oc(-c3ccc(Cl)cc3Br)nc2c1. The maximum Gasteiger partial charge on any atom is 0.228 e. The molecule has 3 aromatic rings. The Morgan fingerprint density at radius 3 is 2.65 bits per heavy atom. The lowest BCUT2D eigenvalue weighted by Gasteiger charge is -2.02. The van der Waals surface area contributed by atoms with E-state index in [4.69, 9.17) is 16.0 Å². The Morgan fingerprint density at radius 2 is 1.95 bits per heavy atom. The van der Waals surface area contributed by atoms with E-state index in [9.17, 15) is 0 Å². The molecule has 0 saturated heterocycles. The summed E-state index contributed by atoms with van der Waals surface area (Å²) in [6, 6.07) is 11.7. The number of rotatable bonds is 2. The molecule has 0 aliphatic carbocycles. The maximum absolute atomic E-state index is 5.96. The summed E-state index contributed by atoms with van der Waals surface area (Å²) in [5.41, 5.74) is 3.84. The van der Waals surface area contributed by atoms with Crippen LogP contribution in [0.15, 0.2) is 45.3 Å². The fourth-order valence-corrected chi connectivity index (χ4v) is 2.93. The van der Waals surface area contributed by atoms with Gasteiger partial charge in [-0.15, -0.1) is 0 Å². The third-order valence-electron chi connectivity index (χ3n) is 3.24. The fourth-order valence-electron chi connectivity index (χ4n) is 2.08. The number of nitrogens with zero attached hydrogens (tertiary/aromatic N) is 1. The molecule has 0 aliphatic rings. The van der Waals surface area contributed by atoms with Gasteiger partial charge in [0.25, 0.3) is 0 Å². The van der Waals surface area contributed by atoms with Crippen molar-refractivity contribution < 1.29 is 4.42 Å². The normalized spacial score (nSPS) is 11.4. The number of fused-ring (bicyclic) bond motifs is 1. The number of hydrogen-bond acceptors (Lipinski definition) is 2. The first-order chi connectivity index (χ1) is 9.54. The Morgan fingerprint density at radius 1 is 1.15 bits per heavy atom. The zero-order valence-corrected chi connectivity index (χ0v) is 13.5. The largest absolute Gasteiger partial charge is 0.436 e. The first kappa shape index (κ1) is 13.7. The zero-order chi connectivity index (χ0) is 14.3. The highest BCUT2D eigenvalue weighted by Gasteiger charge is 2.12. The summed E-state index contributed by atoms with van der Waals surface area (Å²) < 4.78 is 6.70. The molecule has 0 radical (unpaired) electrons. The first-order valence-electron chi connectivity index (χ1n) is 6.40. The molecule has 102 valence electrons. The molecule has 0 fully saturated rings. The van der Waals surface area contributed by atoms with Crippen LogP contribution in [-0.4, -0.2) is 4.98 Å². The molecule has 2 nitrogen and oxygen atoms in total. The number of oxazole rings is 1. The molecule has 0 saturated carbocycles. The molecule has 0 aliphatic heterocycles. The number of halogens is 2. The van der Waals surface area contributed by atoms with Crippen LogP contribution < -0.4 is 0 Å². The molecule has 1 aromatic heterocycles. The average molecular weight is 351 g/mol. The summed E-state index contributed by atoms with van der Waals surface area (Å²) in [5, 5.41) is 0.679. The lowest BCUT2D eigenvalue weighted by molar-refractivity contribution is 0.619. The van der Waals surface area contributed by atoms with Crippen molar-refractivity contribution >= 4 is 38.6 Å². The van der Waals surface area contributed by atoms with Crippen LogP contribution in [0, 0.1) is 0 Å². The van der Waals surface area contributed by atoms with Gasteiger partial charge < -0.3 is 4.42 Å². The van der Waals surface area contributed by atoms with Crippen molar-refractivity contribution in [2.24, 2.45) is 0 Å². The summed E-state index contributed by atoms with van der Waals surface area (Å²) in [4.78, 5) is 4.58. The Hall–Kier alpha value is -1.32. The van der Waals surface area contributed by atoms with Crippen LogP contribution in [-0.2, 0) is 0 Å². The van der Waals surface area contributed by atoms with Gasteiger partial charge in [0.2, 0.25) is 5.89 Å². The van der Waals surface area contributed by atoms with E-state index in [1.54, 1.807) is 0 Å². The van der Waals surface area contributed by atoms with Gasteiger partial charge in [-0.3, -0.25) is 0 Å². The Kier molecular flexibility index (Phi) is 3.57. The topological polar surface area (TPSA) is 26.0 Å². The van der Waals surface area contributed by atoms with Gasteiger partial charge in [0.15, 0.2) is 5.58 Å². The molecule has 4 heteroatoms. The third-order valence-corrected chi connectivity index (χ3v) is 4.13. The van der Waals surface area contributed by atoms with Crippen LogP contribution in [0.25, 0.3) is 22.6 Å². The predicted molar refractivity (Wildman–Crippen MR) is 86.2 cm³/mol. The van der Waals surface area contributed by atoms with Crippen molar-refractivity contribution in [2.75, 3.05) is 0 Å². The van der Waals surface area contributed by atoms with Gasteiger partial charge in [0.1, 0.15) is 5.52 Å². The molecule has 0 unspecified atom stereocenters. The highest BCUT2D eigenvalue weighted by atomic mass is 79.9. The van der Waals surface area contributed by atoms with Gasteiger partial charge in [0.05, 0.1) is 5.56 Å². The molecule has 0 bridgehead atoms. The van der Waals surface area contributed by atoms with Crippen LogP contribution in [0.3, 0.4) is 0 Å². The highest BCUT2D eigenvalue weighted by molar-refractivity contribution is 9.10. The van der Waals surface area contributed by atoms with Crippen molar-refractivity contribution in [3.63, 3.8) is 0 Å². The molecule has 1 heterocycles. The first-order valence-corrected chi connectivity index (χ1v) is 7.57. The van der Waals surface area contributed by atoms with Crippen molar-refractivity contribution in [1.29, 1.82) is 0 Å². The molecular formula is C16H13BrClNO. The Balaban J connectivity index is 2.13. The van der Waals surface area contributed by atoms with Gasteiger partial charge >= 0.3 is 0 Å². The van der Waals surface area contributed by atoms with Crippen molar-refractivity contribution in [2.45, 2.75) is 19.8 Å². The van der Waals surface area contributed by atoms with Crippen molar-refractivity contribution in [1.82, 2.24) is 4.98 Å². The van der Waals surface area contributed by atoms with Crippen molar-refractivity contribution in [3.8, 4) is 11.5 Å². The second kappa shape index (κ2) is 5.23. The van der Waals surface area contributed by atoms with Crippen LogP contribution in [0.1, 0.15) is 25.3 Å². The predicted octanol–water partition coefficient (Wildman–Crippen LogP) is 6.03. The number of benzene rings is 2. The molecule has 3 rings (SSSR count). The van der Waals surface area contributed by atoms with E-state index in [2.05, 4.69) is 46.9 Å². The fraction of sp³-hybridized carbons (Fsp3) is 0.188. The molecular weight excluding hydrogens is 338 g/mol. The lowest BCUT2D eigenvalue weighted by atomic mass is 10.0.